The third kappa shape index (κ3) is 6.58. The fourth-order valence-corrected chi connectivity index (χ4v) is 2.01. The van der Waals surface area contributed by atoms with Gasteiger partial charge in [-0.1, -0.05) is 12.1 Å². The van der Waals surface area contributed by atoms with Crippen LogP contribution in [0.15, 0.2) is 24.3 Å². The van der Waals surface area contributed by atoms with E-state index in [0.29, 0.717) is 13.1 Å². The Hall–Kier alpha value is -2.08. The van der Waals surface area contributed by atoms with Crippen LogP contribution in [0.4, 0.5) is 5.69 Å². The van der Waals surface area contributed by atoms with Gasteiger partial charge in [-0.2, -0.15) is 0 Å². The van der Waals surface area contributed by atoms with Gasteiger partial charge in [-0.05, 0) is 31.7 Å². The number of hydrogen-bond acceptors (Lipinski definition) is 4. The maximum atomic E-state index is 11.8. The number of anilines is 1. The van der Waals surface area contributed by atoms with Crippen LogP contribution in [0, 0.1) is 0 Å². The minimum Gasteiger partial charge on any atom is -0.378 e. The van der Waals surface area contributed by atoms with Crippen molar-refractivity contribution in [3.05, 3.63) is 29.8 Å². The van der Waals surface area contributed by atoms with Crippen LogP contribution in [-0.4, -0.2) is 57.5 Å². The summed E-state index contributed by atoms with van der Waals surface area (Å²) in [5.41, 5.74) is 2.29. The molecule has 0 aliphatic heterocycles. The molecule has 0 radical (unpaired) electrons. The van der Waals surface area contributed by atoms with Gasteiger partial charge in [0.2, 0.25) is 11.8 Å². The van der Waals surface area contributed by atoms with Gasteiger partial charge in [0.05, 0.1) is 13.1 Å². The van der Waals surface area contributed by atoms with Crippen molar-refractivity contribution in [2.75, 3.05) is 45.7 Å². The van der Waals surface area contributed by atoms with E-state index in [1.54, 1.807) is 0 Å². The second-order valence-electron chi connectivity index (χ2n) is 5.46. The third-order valence-corrected chi connectivity index (χ3v) is 3.14. The Morgan fingerprint density at radius 3 is 2.18 bits per heavy atom. The predicted octanol–water partition coefficient (Wildman–Crippen LogP) is 0.437. The standard InChI is InChI=1S/C16H26N4O2/c1-5-17-15(21)10-18-16(22)12-20(4)11-13-6-8-14(9-7-13)19(2)3/h6-9H,5,10-12H2,1-4H3,(H,17,21)(H,18,22). The van der Waals surface area contributed by atoms with Crippen molar-refractivity contribution >= 4 is 17.5 Å². The van der Waals surface area contributed by atoms with Gasteiger partial charge >= 0.3 is 0 Å². The summed E-state index contributed by atoms with van der Waals surface area (Å²) in [7, 11) is 5.88. The van der Waals surface area contributed by atoms with E-state index in [4.69, 9.17) is 0 Å². The lowest BCUT2D eigenvalue weighted by atomic mass is 10.2. The number of benzene rings is 1. The average molecular weight is 306 g/mol. The first-order valence-electron chi connectivity index (χ1n) is 7.40. The number of likely N-dealkylation sites (N-methyl/N-ethyl adjacent to an activating group) is 2. The second-order valence-corrected chi connectivity index (χ2v) is 5.46. The van der Waals surface area contributed by atoms with Crippen LogP contribution >= 0.6 is 0 Å². The molecule has 2 N–H and O–H groups in total. The number of carbonyl (C=O) groups is 2. The Morgan fingerprint density at radius 1 is 1.00 bits per heavy atom. The number of carbonyl (C=O) groups excluding carboxylic acids is 2. The summed E-state index contributed by atoms with van der Waals surface area (Å²) < 4.78 is 0. The maximum Gasteiger partial charge on any atom is 0.239 e. The van der Waals surface area contributed by atoms with Crippen LogP contribution in [0.1, 0.15) is 12.5 Å². The first-order chi connectivity index (χ1) is 10.4. The van der Waals surface area contributed by atoms with E-state index in [1.165, 1.54) is 0 Å². The van der Waals surface area contributed by atoms with Crippen LogP contribution in [0.2, 0.25) is 0 Å². The normalized spacial score (nSPS) is 10.4. The van der Waals surface area contributed by atoms with Gasteiger partial charge in [-0.3, -0.25) is 14.5 Å². The van der Waals surface area contributed by atoms with Crippen molar-refractivity contribution in [2.24, 2.45) is 0 Å². The number of amides is 2. The van der Waals surface area contributed by atoms with E-state index in [0.717, 1.165) is 11.3 Å². The molecule has 0 bridgehead atoms. The number of nitrogens with one attached hydrogen (secondary N) is 2. The van der Waals surface area contributed by atoms with Crippen LogP contribution in [0.3, 0.4) is 0 Å². The molecular formula is C16H26N4O2. The fourth-order valence-electron chi connectivity index (χ4n) is 2.01. The summed E-state index contributed by atoms with van der Waals surface area (Å²) in [6, 6.07) is 8.22. The van der Waals surface area contributed by atoms with Crippen LogP contribution < -0.4 is 15.5 Å². The zero-order chi connectivity index (χ0) is 16.5. The molecule has 1 rings (SSSR count). The highest BCUT2D eigenvalue weighted by atomic mass is 16.2. The molecular weight excluding hydrogens is 280 g/mol. The van der Waals surface area contributed by atoms with Crippen molar-refractivity contribution < 1.29 is 9.59 Å². The van der Waals surface area contributed by atoms with E-state index >= 15 is 0 Å². The van der Waals surface area contributed by atoms with Crippen LogP contribution in [0.5, 0.6) is 0 Å². The van der Waals surface area contributed by atoms with Crippen molar-refractivity contribution in [1.29, 1.82) is 0 Å². The topological polar surface area (TPSA) is 64.7 Å². The lowest BCUT2D eigenvalue weighted by molar-refractivity contribution is -0.126. The first-order valence-corrected chi connectivity index (χ1v) is 7.40. The van der Waals surface area contributed by atoms with Gasteiger partial charge < -0.3 is 15.5 Å². The second kappa shape index (κ2) is 9.04. The summed E-state index contributed by atoms with van der Waals surface area (Å²) in [6.07, 6.45) is 0. The van der Waals surface area contributed by atoms with E-state index in [2.05, 4.69) is 34.9 Å². The molecule has 0 saturated carbocycles. The zero-order valence-electron chi connectivity index (χ0n) is 13.8. The molecule has 0 saturated heterocycles. The summed E-state index contributed by atoms with van der Waals surface area (Å²) in [6.45, 7) is 3.38. The summed E-state index contributed by atoms with van der Waals surface area (Å²) in [5, 5.41) is 5.25. The minimum atomic E-state index is -0.169. The minimum absolute atomic E-state index is 0.0258. The molecule has 2 amide bonds. The Balaban J connectivity index is 2.37. The van der Waals surface area contributed by atoms with E-state index in [1.807, 2.05) is 37.9 Å². The number of nitrogens with zero attached hydrogens (tertiary/aromatic N) is 2. The van der Waals surface area contributed by atoms with Crippen LogP contribution in [-0.2, 0) is 16.1 Å². The van der Waals surface area contributed by atoms with E-state index < -0.39 is 0 Å². The van der Waals surface area contributed by atoms with Crippen molar-refractivity contribution in [3.63, 3.8) is 0 Å². The molecule has 22 heavy (non-hydrogen) atoms. The molecule has 1 aromatic carbocycles. The quantitative estimate of drug-likeness (QED) is 0.731. The molecule has 6 nitrogen and oxygen atoms in total. The van der Waals surface area contributed by atoms with Crippen molar-refractivity contribution in [1.82, 2.24) is 15.5 Å². The molecule has 0 aliphatic rings. The molecule has 0 atom stereocenters. The lowest BCUT2D eigenvalue weighted by Crippen LogP contribution is -2.41. The highest BCUT2D eigenvalue weighted by molar-refractivity contribution is 5.85. The fraction of sp³-hybridized carbons (Fsp3) is 0.500. The average Bonchev–Trinajstić information content (AvgIpc) is 2.46. The molecule has 1 aromatic rings. The number of hydrogen-bond donors (Lipinski definition) is 2. The molecule has 0 fully saturated rings. The molecule has 0 heterocycles. The SMILES string of the molecule is CCNC(=O)CNC(=O)CN(C)Cc1ccc(N(C)C)cc1. The van der Waals surface area contributed by atoms with Gasteiger partial charge in [0.25, 0.3) is 0 Å². The number of rotatable bonds is 8. The first kappa shape index (κ1) is 18.0. The molecule has 6 heteroatoms. The van der Waals surface area contributed by atoms with Gasteiger partial charge in [-0.15, -0.1) is 0 Å². The Morgan fingerprint density at radius 2 is 1.64 bits per heavy atom. The highest BCUT2D eigenvalue weighted by Crippen LogP contribution is 2.13. The molecule has 122 valence electrons. The third-order valence-electron chi connectivity index (χ3n) is 3.14. The van der Waals surface area contributed by atoms with Gasteiger partial charge in [-0.25, -0.2) is 0 Å². The Bertz CT molecular complexity index is 485. The van der Waals surface area contributed by atoms with Gasteiger partial charge in [0, 0.05) is 32.9 Å². The zero-order valence-corrected chi connectivity index (χ0v) is 13.8. The summed E-state index contributed by atoms with van der Waals surface area (Å²) in [4.78, 5) is 27.0. The summed E-state index contributed by atoms with van der Waals surface area (Å²) in [5.74, 6) is -0.323. The maximum absolute atomic E-state index is 11.8. The predicted molar refractivity (Wildman–Crippen MR) is 88.8 cm³/mol. The monoisotopic (exact) mass is 306 g/mol. The van der Waals surface area contributed by atoms with Crippen LogP contribution in [0.25, 0.3) is 0 Å². The molecule has 0 aromatic heterocycles. The highest BCUT2D eigenvalue weighted by Gasteiger charge is 2.08. The van der Waals surface area contributed by atoms with Crippen molar-refractivity contribution in [3.8, 4) is 0 Å². The van der Waals surface area contributed by atoms with Gasteiger partial charge in [0.1, 0.15) is 0 Å². The lowest BCUT2D eigenvalue weighted by Gasteiger charge is -2.17. The van der Waals surface area contributed by atoms with E-state index in [-0.39, 0.29) is 24.9 Å². The van der Waals surface area contributed by atoms with E-state index in [9.17, 15) is 9.59 Å². The van der Waals surface area contributed by atoms with Crippen molar-refractivity contribution in [2.45, 2.75) is 13.5 Å². The largest absolute Gasteiger partial charge is 0.378 e. The Labute approximate surface area is 132 Å². The Kier molecular flexibility index (Phi) is 7.39. The molecule has 0 unspecified atom stereocenters. The smallest absolute Gasteiger partial charge is 0.239 e. The molecule has 0 spiro atoms. The molecule has 0 aliphatic carbocycles. The summed E-state index contributed by atoms with van der Waals surface area (Å²) >= 11 is 0. The van der Waals surface area contributed by atoms with Gasteiger partial charge in [0.15, 0.2) is 0 Å².